The molecule has 0 unspecified atom stereocenters. The second-order valence-corrected chi connectivity index (χ2v) is 4.81. The van der Waals surface area contributed by atoms with E-state index in [4.69, 9.17) is 4.42 Å². The molecule has 7 nitrogen and oxygen atoms in total. The minimum absolute atomic E-state index is 0.298. The van der Waals surface area contributed by atoms with Crippen LogP contribution in [0.1, 0.15) is 25.4 Å². The number of aryl methyl sites for hydroxylation is 1. The number of imide groups is 1. The van der Waals surface area contributed by atoms with Crippen LogP contribution in [-0.2, 0) is 15.1 Å². The maximum atomic E-state index is 12.4. The fourth-order valence-electron chi connectivity index (χ4n) is 2.11. The van der Waals surface area contributed by atoms with Gasteiger partial charge < -0.3 is 15.1 Å². The van der Waals surface area contributed by atoms with Gasteiger partial charge in [0.2, 0.25) is 5.91 Å². The van der Waals surface area contributed by atoms with Gasteiger partial charge in [0.05, 0.1) is 0 Å². The van der Waals surface area contributed by atoms with Gasteiger partial charge in [-0.3, -0.25) is 14.5 Å². The first-order valence-corrected chi connectivity index (χ1v) is 6.36. The Labute approximate surface area is 116 Å². The zero-order valence-electron chi connectivity index (χ0n) is 11.6. The van der Waals surface area contributed by atoms with Crippen LogP contribution in [-0.4, -0.2) is 35.8 Å². The van der Waals surface area contributed by atoms with Crippen LogP contribution in [0.2, 0.25) is 0 Å². The molecule has 0 saturated carbocycles. The van der Waals surface area contributed by atoms with Gasteiger partial charge >= 0.3 is 6.03 Å². The molecular formula is C13H17N3O4. The van der Waals surface area contributed by atoms with Crippen LogP contribution in [0.5, 0.6) is 0 Å². The molecule has 0 radical (unpaired) electrons. The Bertz CT molecular complexity index is 566. The summed E-state index contributed by atoms with van der Waals surface area (Å²) in [5.74, 6) is 0.121. The van der Waals surface area contributed by atoms with Gasteiger partial charge in [0.15, 0.2) is 5.54 Å². The number of carbonyl (C=O) groups is 3. The third-order valence-electron chi connectivity index (χ3n) is 3.18. The predicted octanol–water partition coefficient (Wildman–Crippen LogP) is 0.491. The van der Waals surface area contributed by atoms with Crippen LogP contribution in [0.3, 0.4) is 0 Å². The standard InChI is InChI=1S/C13H17N3O4/c1-4-14-10(17)7-16-11(18)13(3,15-12(16)19)9-6-5-8(2)20-9/h5-6H,4,7H2,1-3H3,(H,14,17)(H,15,19)/t13-/m1/s1. The molecule has 108 valence electrons. The van der Waals surface area contributed by atoms with E-state index in [1.807, 2.05) is 0 Å². The fourth-order valence-corrected chi connectivity index (χ4v) is 2.11. The van der Waals surface area contributed by atoms with E-state index in [-0.39, 0.29) is 12.5 Å². The molecule has 1 fully saturated rings. The Morgan fingerprint density at radius 2 is 2.15 bits per heavy atom. The number of amides is 4. The van der Waals surface area contributed by atoms with Crippen LogP contribution >= 0.6 is 0 Å². The summed E-state index contributed by atoms with van der Waals surface area (Å²) in [5, 5.41) is 5.12. The highest BCUT2D eigenvalue weighted by molar-refractivity contribution is 6.08. The number of hydrogen-bond donors (Lipinski definition) is 2. The molecule has 20 heavy (non-hydrogen) atoms. The van der Waals surface area contributed by atoms with Gasteiger partial charge in [-0.1, -0.05) is 0 Å². The zero-order valence-corrected chi connectivity index (χ0v) is 11.6. The van der Waals surface area contributed by atoms with Gasteiger partial charge in [0.1, 0.15) is 18.1 Å². The zero-order chi connectivity index (χ0) is 14.9. The Kier molecular flexibility index (Phi) is 3.52. The SMILES string of the molecule is CCNC(=O)CN1C(=O)N[C@](C)(c2ccc(C)o2)C1=O. The van der Waals surface area contributed by atoms with Crippen molar-refractivity contribution < 1.29 is 18.8 Å². The number of carbonyl (C=O) groups excluding carboxylic acids is 3. The summed E-state index contributed by atoms with van der Waals surface area (Å²) in [4.78, 5) is 36.7. The molecule has 0 aromatic carbocycles. The molecule has 4 amide bonds. The van der Waals surface area contributed by atoms with E-state index in [1.54, 1.807) is 32.9 Å². The minimum atomic E-state index is -1.27. The number of rotatable bonds is 4. The van der Waals surface area contributed by atoms with Crippen molar-refractivity contribution in [1.29, 1.82) is 0 Å². The van der Waals surface area contributed by atoms with Crippen LogP contribution < -0.4 is 10.6 Å². The summed E-state index contributed by atoms with van der Waals surface area (Å²) in [6.45, 7) is 5.22. The first kappa shape index (κ1) is 14.1. The first-order valence-electron chi connectivity index (χ1n) is 6.36. The lowest BCUT2D eigenvalue weighted by Gasteiger charge is -2.18. The van der Waals surface area contributed by atoms with Crippen molar-refractivity contribution in [2.75, 3.05) is 13.1 Å². The van der Waals surface area contributed by atoms with Gasteiger partial charge in [0, 0.05) is 6.54 Å². The highest BCUT2D eigenvalue weighted by Gasteiger charge is 2.51. The van der Waals surface area contributed by atoms with E-state index in [1.165, 1.54) is 0 Å². The molecule has 2 rings (SSSR count). The van der Waals surface area contributed by atoms with Gasteiger partial charge in [-0.2, -0.15) is 0 Å². The number of furan rings is 1. The van der Waals surface area contributed by atoms with Crippen molar-refractivity contribution in [3.63, 3.8) is 0 Å². The maximum Gasteiger partial charge on any atom is 0.325 e. The average Bonchev–Trinajstić information content (AvgIpc) is 2.89. The Hall–Kier alpha value is -2.31. The molecule has 0 spiro atoms. The summed E-state index contributed by atoms with van der Waals surface area (Å²) in [5.41, 5.74) is -1.27. The number of nitrogens with zero attached hydrogens (tertiary/aromatic N) is 1. The molecule has 1 aliphatic rings. The monoisotopic (exact) mass is 279 g/mol. The van der Waals surface area contributed by atoms with Crippen molar-refractivity contribution in [2.24, 2.45) is 0 Å². The summed E-state index contributed by atoms with van der Waals surface area (Å²) >= 11 is 0. The van der Waals surface area contributed by atoms with E-state index in [0.717, 1.165) is 4.90 Å². The van der Waals surface area contributed by atoms with Crippen molar-refractivity contribution in [3.05, 3.63) is 23.7 Å². The molecule has 1 saturated heterocycles. The lowest BCUT2D eigenvalue weighted by molar-refractivity contribution is -0.135. The molecule has 1 aromatic rings. The number of likely N-dealkylation sites (N-methyl/N-ethyl adjacent to an activating group) is 1. The normalized spacial score (nSPS) is 22.1. The smallest absolute Gasteiger partial charge is 0.325 e. The third kappa shape index (κ3) is 2.26. The highest BCUT2D eigenvalue weighted by atomic mass is 16.3. The van der Waals surface area contributed by atoms with Gasteiger partial charge in [-0.25, -0.2) is 4.79 Å². The average molecular weight is 279 g/mol. The molecule has 0 aliphatic carbocycles. The molecule has 2 heterocycles. The number of urea groups is 1. The van der Waals surface area contributed by atoms with Gasteiger partial charge in [-0.15, -0.1) is 0 Å². The number of hydrogen-bond acceptors (Lipinski definition) is 4. The summed E-state index contributed by atoms with van der Waals surface area (Å²) in [6, 6.07) is 2.76. The Morgan fingerprint density at radius 1 is 1.45 bits per heavy atom. The second-order valence-electron chi connectivity index (χ2n) is 4.81. The van der Waals surface area contributed by atoms with E-state index >= 15 is 0 Å². The van der Waals surface area contributed by atoms with Gasteiger partial charge in [-0.05, 0) is 32.9 Å². The highest BCUT2D eigenvalue weighted by Crippen LogP contribution is 2.29. The fraction of sp³-hybridized carbons (Fsp3) is 0.462. The van der Waals surface area contributed by atoms with Gasteiger partial charge in [0.25, 0.3) is 5.91 Å². The Morgan fingerprint density at radius 3 is 2.70 bits per heavy atom. The topological polar surface area (TPSA) is 91.7 Å². The van der Waals surface area contributed by atoms with Crippen molar-refractivity contribution in [1.82, 2.24) is 15.5 Å². The molecule has 0 bridgehead atoms. The van der Waals surface area contributed by atoms with Crippen LogP contribution in [0.25, 0.3) is 0 Å². The third-order valence-corrected chi connectivity index (χ3v) is 3.18. The van der Waals surface area contributed by atoms with E-state index in [2.05, 4.69) is 10.6 Å². The Balaban J connectivity index is 2.22. The predicted molar refractivity (Wildman–Crippen MR) is 69.7 cm³/mol. The van der Waals surface area contributed by atoms with E-state index in [0.29, 0.717) is 18.1 Å². The summed E-state index contributed by atoms with van der Waals surface area (Å²) < 4.78 is 5.43. The van der Waals surface area contributed by atoms with E-state index in [9.17, 15) is 14.4 Å². The first-order chi connectivity index (χ1) is 9.38. The maximum absolute atomic E-state index is 12.4. The molecule has 2 N–H and O–H groups in total. The largest absolute Gasteiger partial charge is 0.463 e. The molecule has 1 aliphatic heterocycles. The van der Waals surface area contributed by atoms with Crippen molar-refractivity contribution >= 4 is 17.8 Å². The van der Waals surface area contributed by atoms with Crippen LogP contribution in [0.15, 0.2) is 16.5 Å². The van der Waals surface area contributed by atoms with Crippen molar-refractivity contribution in [3.8, 4) is 0 Å². The quantitative estimate of drug-likeness (QED) is 0.785. The lowest BCUT2D eigenvalue weighted by atomic mass is 9.99. The molecular weight excluding hydrogens is 262 g/mol. The van der Waals surface area contributed by atoms with Crippen LogP contribution in [0.4, 0.5) is 4.79 Å². The lowest BCUT2D eigenvalue weighted by Crippen LogP contribution is -2.43. The minimum Gasteiger partial charge on any atom is -0.463 e. The molecule has 1 aromatic heterocycles. The molecule has 1 atom stereocenters. The summed E-state index contributed by atoms with van der Waals surface area (Å²) in [7, 11) is 0. The van der Waals surface area contributed by atoms with E-state index < -0.39 is 17.5 Å². The van der Waals surface area contributed by atoms with Crippen molar-refractivity contribution in [2.45, 2.75) is 26.3 Å². The van der Waals surface area contributed by atoms with Crippen LogP contribution in [0, 0.1) is 6.92 Å². The summed E-state index contributed by atoms with van der Waals surface area (Å²) in [6.07, 6.45) is 0. The number of nitrogens with one attached hydrogen (secondary N) is 2. The second kappa shape index (κ2) is 4.99. The molecule has 7 heteroatoms.